The van der Waals surface area contributed by atoms with E-state index in [0.29, 0.717) is 6.54 Å². The molecule has 2 rings (SSSR count). The minimum Gasteiger partial charge on any atom is -0.445 e. The van der Waals surface area contributed by atoms with Gasteiger partial charge in [0.15, 0.2) is 0 Å². The van der Waals surface area contributed by atoms with Crippen molar-refractivity contribution in [3.8, 4) is 0 Å². The SMILES string of the molecule is Cc1c(Cl)cccc1C=CCNC(=O)OCc1ccccc1. The lowest BCUT2D eigenvalue weighted by Crippen LogP contribution is -2.24. The van der Waals surface area contributed by atoms with Crippen LogP contribution >= 0.6 is 11.6 Å². The number of hydrogen-bond acceptors (Lipinski definition) is 2. The molecule has 22 heavy (non-hydrogen) atoms. The molecule has 114 valence electrons. The zero-order valence-corrected chi connectivity index (χ0v) is 13.1. The molecule has 3 nitrogen and oxygen atoms in total. The van der Waals surface area contributed by atoms with Crippen molar-refractivity contribution in [2.75, 3.05) is 6.54 Å². The average Bonchev–Trinajstić information content (AvgIpc) is 2.54. The lowest BCUT2D eigenvalue weighted by Gasteiger charge is -2.05. The van der Waals surface area contributed by atoms with Crippen molar-refractivity contribution >= 4 is 23.8 Å². The van der Waals surface area contributed by atoms with Crippen LogP contribution < -0.4 is 5.32 Å². The number of benzene rings is 2. The van der Waals surface area contributed by atoms with E-state index >= 15 is 0 Å². The Kier molecular flexibility index (Phi) is 6.04. The maximum atomic E-state index is 11.6. The van der Waals surface area contributed by atoms with E-state index in [1.54, 1.807) is 0 Å². The highest BCUT2D eigenvalue weighted by Gasteiger charge is 2.01. The summed E-state index contributed by atoms with van der Waals surface area (Å²) in [5, 5.41) is 3.41. The Balaban J connectivity index is 1.75. The maximum absolute atomic E-state index is 11.6. The van der Waals surface area contributed by atoms with Gasteiger partial charge in [-0.15, -0.1) is 0 Å². The third-order valence-electron chi connectivity index (χ3n) is 3.18. The van der Waals surface area contributed by atoms with Gasteiger partial charge >= 0.3 is 6.09 Å². The fourth-order valence-electron chi connectivity index (χ4n) is 1.91. The molecule has 0 saturated heterocycles. The highest BCUT2D eigenvalue weighted by molar-refractivity contribution is 6.31. The molecule has 0 spiro atoms. The van der Waals surface area contributed by atoms with Crippen molar-refractivity contribution < 1.29 is 9.53 Å². The summed E-state index contributed by atoms with van der Waals surface area (Å²) in [6.45, 7) is 2.63. The monoisotopic (exact) mass is 315 g/mol. The Morgan fingerprint density at radius 2 is 1.95 bits per heavy atom. The predicted molar refractivity (Wildman–Crippen MR) is 89.9 cm³/mol. The molecule has 1 N–H and O–H groups in total. The standard InChI is InChI=1S/C18H18ClNO2/c1-14-16(9-5-11-17(14)19)10-6-12-20-18(21)22-13-15-7-3-2-4-8-15/h2-11H,12-13H2,1H3,(H,20,21). The van der Waals surface area contributed by atoms with E-state index in [4.69, 9.17) is 16.3 Å². The fraction of sp³-hybridized carbons (Fsp3) is 0.167. The third-order valence-corrected chi connectivity index (χ3v) is 3.59. The molecule has 0 atom stereocenters. The highest BCUT2D eigenvalue weighted by Crippen LogP contribution is 2.19. The van der Waals surface area contributed by atoms with Crippen molar-refractivity contribution in [3.63, 3.8) is 0 Å². The summed E-state index contributed by atoms with van der Waals surface area (Å²) >= 11 is 6.05. The van der Waals surface area contributed by atoms with Crippen molar-refractivity contribution in [1.29, 1.82) is 0 Å². The van der Waals surface area contributed by atoms with Crippen molar-refractivity contribution in [1.82, 2.24) is 5.32 Å². The zero-order valence-electron chi connectivity index (χ0n) is 12.4. The molecule has 0 radical (unpaired) electrons. The average molecular weight is 316 g/mol. The molecule has 0 unspecified atom stereocenters. The molecule has 4 heteroatoms. The lowest BCUT2D eigenvalue weighted by atomic mass is 10.1. The van der Waals surface area contributed by atoms with Crippen LogP contribution in [0.25, 0.3) is 6.08 Å². The molecular formula is C18H18ClNO2. The minimum absolute atomic E-state index is 0.268. The summed E-state index contributed by atoms with van der Waals surface area (Å²) in [5.74, 6) is 0. The van der Waals surface area contributed by atoms with Gasteiger partial charge in [0.2, 0.25) is 0 Å². The first kappa shape index (κ1) is 16.1. The molecule has 0 saturated carbocycles. The number of ether oxygens (including phenoxy) is 1. The Bertz CT molecular complexity index is 653. The summed E-state index contributed by atoms with van der Waals surface area (Å²) < 4.78 is 5.12. The molecule has 2 aromatic carbocycles. The summed E-state index contributed by atoms with van der Waals surface area (Å²) in [5.41, 5.74) is 3.02. The second-order valence-corrected chi connectivity index (χ2v) is 5.21. The molecule has 0 bridgehead atoms. The number of carbonyl (C=O) groups excluding carboxylic acids is 1. The summed E-state index contributed by atoms with van der Waals surface area (Å²) in [4.78, 5) is 11.6. The van der Waals surface area contributed by atoms with Gasteiger partial charge in [0.25, 0.3) is 0 Å². The normalized spacial score (nSPS) is 10.6. The molecule has 0 fully saturated rings. The first-order chi connectivity index (χ1) is 10.7. The van der Waals surface area contributed by atoms with Crippen molar-refractivity contribution in [2.24, 2.45) is 0 Å². The van der Waals surface area contributed by atoms with E-state index in [2.05, 4.69) is 5.32 Å². The quantitative estimate of drug-likeness (QED) is 0.876. The topological polar surface area (TPSA) is 38.3 Å². The number of rotatable bonds is 5. The number of alkyl carbamates (subject to hydrolysis) is 1. The van der Waals surface area contributed by atoms with Crippen LogP contribution in [0.2, 0.25) is 5.02 Å². The molecule has 0 heterocycles. The van der Waals surface area contributed by atoms with Gasteiger partial charge in [0.05, 0.1) is 0 Å². The van der Waals surface area contributed by atoms with Crippen molar-refractivity contribution in [3.05, 3.63) is 76.3 Å². The molecule has 1 amide bonds. The minimum atomic E-state index is -0.434. The Labute approximate surface area is 135 Å². The number of carbonyl (C=O) groups is 1. The smallest absolute Gasteiger partial charge is 0.407 e. The van der Waals surface area contributed by atoms with E-state index in [1.807, 2.05) is 67.6 Å². The Morgan fingerprint density at radius 1 is 1.18 bits per heavy atom. The summed E-state index contributed by atoms with van der Waals surface area (Å²) in [6, 6.07) is 15.3. The van der Waals surface area contributed by atoms with Crippen LogP contribution in [0.1, 0.15) is 16.7 Å². The van der Waals surface area contributed by atoms with E-state index < -0.39 is 6.09 Å². The first-order valence-electron chi connectivity index (χ1n) is 7.03. The van der Waals surface area contributed by atoms with Gasteiger partial charge in [-0.2, -0.15) is 0 Å². The largest absolute Gasteiger partial charge is 0.445 e. The molecule has 0 aliphatic heterocycles. The fourth-order valence-corrected chi connectivity index (χ4v) is 2.09. The maximum Gasteiger partial charge on any atom is 0.407 e. The van der Waals surface area contributed by atoms with Gasteiger partial charge in [-0.05, 0) is 29.7 Å². The van der Waals surface area contributed by atoms with E-state index in [-0.39, 0.29) is 6.61 Å². The molecule has 0 aromatic heterocycles. The summed E-state index contributed by atoms with van der Waals surface area (Å²) in [6.07, 6.45) is 3.36. The van der Waals surface area contributed by atoms with Gasteiger partial charge in [0.1, 0.15) is 6.61 Å². The number of nitrogens with one attached hydrogen (secondary N) is 1. The van der Waals surface area contributed by atoms with Crippen LogP contribution in [0.4, 0.5) is 4.79 Å². The van der Waals surface area contributed by atoms with Crippen LogP contribution in [0.3, 0.4) is 0 Å². The van der Waals surface area contributed by atoms with Crippen LogP contribution in [0, 0.1) is 6.92 Å². The van der Waals surface area contributed by atoms with E-state index in [0.717, 1.165) is 21.7 Å². The second kappa shape index (κ2) is 8.25. The predicted octanol–water partition coefficient (Wildman–Crippen LogP) is 4.59. The number of amides is 1. The second-order valence-electron chi connectivity index (χ2n) is 4.80. The first-order valence-corrected chi connectivity index (χ1v) is 7.41. The lowest BCUT2D eigenvalue weighted by molar-refractivity contribution is 0.141. The van der Waals surface area contributed by atoms with Gasteiger partial charge in [-0.1, -0.05) is 66.2 Å². The molecule has 2 aromatic rings. The van der Waals surface area contributed by atoms with Crippen molar-refractivity contribution in [2.45, 2.75) is 13.5 Å². The van der Waals surface area contributed by atoms with E-state index in [1.165, 1.54) is 0 Å². The van der Waals surface area contributed by atoms with Crippen LogP contribution in [-0.2, 0) is 11.3 Å². The van der Waals surface area contributed by atoms with Crippen LogP contribution in [-0.4, -0.2) is 12.6 Å². The molecule has 0 aliphatic carbocycles. The number of halogens is 1. The molecule has 0 aliphatic rings. The van der Waals surface area contributed by atoms with Crippen LogP contribution in [0.5, 0.6) is 0 Å². The van der Waals surface area contributed by atoms with Gasteiger partial charge in [-0.3, -0.25) is 0 Å². The van der Waals surface area contributed by atoms with Gasteiger partial charge in [-0.25, -0.2) is 4.79 Å². The Morgan fingerprint density at radius 3 is 2.73 bits per heavy atom. The zero-order chi connectivity index (χ0) is 15.8. The third kappa shape index (κ3) is 4.93. The molecular weight excluding hydrogens is 298 g/mol. The van der Waals surface area contributed by atoms with Gasteiger partial charge in [0, 0.05) is 11.6 Å². The van der Waals surface area contributed by atoms with Crippen LogP contribution in [0.15, 0.2) is 54.6 Å². The highest BCUT2D eigenvalue weighted by atomic mass is 35.5. The number of hydrogen-bond donors (Lipinski definition) is 1. The van der Waals surface area contributed by atoms with E-state index in [9.17, 15) is 4.79 Å². The van der Waals surface area contributed by atoms with Gasteiger partial charge < -0.3 is 10.1 Å². The Hall–Kier alpha value is -2.26. The summed E-state index contributed by atoms with van der Waals surface area (Å²) in [7, 11) is 0.